The van der Waals surface area contributed by atoms with Crippen LogP contribution in [0, 0.1) is 31.6 Å². The summed E-state index contributed by atoms with van der Waals surface area (Å²) >= 11 is 0. The fourth-order valence-electron chi connectivity index (χ4n) is 6.88. The predicted octanol–water partition coefficient (Wildman–Crippen LogP) is 3.03. The van der Waals surface area contributed by atoms with Crippen LogP contribution in [0.1, 0.15) is 92.4 Å². The van der Waals surface area contributed by atoms with Gasteiger partial charge in [-0.1, -0.05) is 67.0 Å². The molecule has 0 amide bonds. The van der Waals surface area contributed by atoms with Gasteiger partial charge in [0.05, 0.1) is 7.11 Å². The molecule has 6 rings (SSSR count). The second-order valence-corrected chi connectivity index (χ2v) is 11.6. The summed E-state index contributed by atoms with van der Waals surface area (Å²) < 4.78 is 5.09. The number of carboxylic acid groups (broad SMARTS) is 1. The molecule has 1 N–H and O–H groups in total. The van der Waals surface area contributed by atoms with Crippen molar-refractivity contribution >= 4 is 76.9 Å². The first-order valence-electron chi connectivity index (χ1n) is 14.9. The molecule has 11 heteroatoms. The van der Waals surface area contributed by atoms with Crippen LogP contribution in [-0.4, -0.2) is 59.3 Å². The minimum absolute atomic E-state index is 0. The second-order valence-electron chi connectivity index (χ2n) is 11.6. The van der Waals surface area contributed by atoms with Crippen molar-refractivity contribution in [1.82, 2.24) is 15.0 Å². The van der Waals surface area contributed by atoms with Gasteiger partial charge in [0.15, 0.2) is 5.78 Å². The third-order valence-corrected chi connectivity index (χ3v) is 9.30. The summed E-state index contributed by atoms with van der Waals surface area (Å²) in [5, 5.41) is 15.6. The molecule has 46 heavy (non-hydrogen) atoms. The SMILES string of the molecule is C=Cc1c2[n-]c(c1C)/C=C1\[N-]/C(=C3\c4[n-]c(c(C)c4C(=O)[C@@H]3C(=O)OC)/C=c3\[n-]/c(c(C=O)c3CC)=C\2)[C@@H](CCC(=O)O)[C@@H]1C.[Mg+2]. The van der Waals surface area contributed by atoms with Gasteiger partial charge in [0.25, 0.3) is 0 Å². The first-order valence-corrected chi connectivity index (χ1v) is 14.9. The van der Waals surface area contributed by atoms with Crippen LogP contribution in [0.25, 0.3) is 35.2 Å². The molecule has 1 fully saturated rings. The largest absolute Gasteiger partial charge is 2.00 e. The zero-order valence-corrected chi connectivity index (χ0v) is 27.8. The number of nitrogens with zero attached hydrogens (tertiary/aromatic N) is 4. The number of rotatable bonds is 7. The average molecular weight is 629 g/mol. The number of aldehydes is 1. The minimum Gasteiger partial charge on any atom is -0.664 e. The van der Waals surface area contributed by atoms with Gasteiger partial charge in [0.2, 0.25) is 0 Å². The number of carbonyl (C=O) groups is 4. The Bertz CT molecular complexity index is 2020. The normalized spacial score (nSPS) is 23.6. The van der Waals surface area contributed by atoms with E-state index in [0.717, 1.165) is 23.0 Å². The summed E-state index contributed by atoms with van der Waals surface area (Å²) in [6, 6.07) is 0. The number of carbonyl (C=O) groups excluding carboxylic acids is 3. The van der Waals surface area contributed by atoms with E-state index in [-0.39, 0.29) is 41.8 Å². The topological polar surface area (TPSA) is 154 Å². The number of hydrogen-bond acceptors (Lipinski definition) is 5. The molecule has 3 aromatic heterocycles. The number of methoxy groups -OCH3 is 1. The molecule has 1 saturated heterocycles. The van der Waals surface area contributed by atoms with Crippen molar-refractivity contribution in [3.05, 3.63) is 90.1 Å². The fourth-order valence-corrected chi connectivity index (χ4v) is 6.88. The maximum atomic E-state index is 14.0. The van der Waals surface area contributed by atoms with E-state index in [4.69, 9.17) is 25.0 Å². The monoisotopic (exact) mass is 628 g/mol. The van der Waals surface area contributed by atoms with E-state index in [2.05, 4.69) is 6.58 Å². The van der Waals surface area contributed by atoms with E-state index in [9.17, 15) is 24.3 Å². The van der Waals surface area contributed by atoms with Crippen molar-refractivity contribution in [3.8, 4) is 0 Å². The molecule has 3 aromatic rings. The number of ketones is 1. The van der Waals surface area contributed by atoms with E-state index in [1.54, 1.807) is 25.2 Å². The van der Waals surface area contributed by atoms with Crippen LogP contribution in [0.3, 0.4) is 0 Å². The van der Waals surface area contributed by atoms with Gasteiger partial charge in [-0.3, -0.25) is 19.2 Å². The summed E-state index contributed by atoms with van der Waals surface area (Å²) in [6.45, 7) is 11.6. The van der Waals surface area contributed by atoms with Gasteiger partial charge >= 0.3 is 35.0 Å². The molecule has 232 valence electrons. The Balaban J connectivity index is 0.00000417. The number of allylic oxidation sites excluding steroid dienone is 2. The van der Waals surface area contributed by atoms with Crippen LogP contribution >= 0.6 is 0 Å². The van der Waals surface area contributed by atoms with Gasteiger partial charge < -0.3 is 30.1 Å². The molecule has 5 heterocycles. The zero-order valence-electron chi connectivity index (χ0n) is 26.4. The van der Waals surface area contributed by atoms with Gasteiger partial charge in [0.1, 0.15) is 12.2 Å². The van der Waals surface area contributed by atoms with Crippen LogP contribution in [0.5, 0.6) is 0 Å². The van der Waals surface area contributed by atoms with Gasteiger partial charge in [-0.25, -0.2) is 0 Å². The molecule has 0 aromatic carbocycles. The Morgan fingerprint density at radius 1 is 1.02 bits per heavy atom. The smallest absolute Gasteiger partial charge is 0.664 e. The first kappa shape index (κ1) is 33.0. The number of esters is 1. The van der Waals surface area contributed by atoms with Gasteiger partial charge in [0, 0.05) is 17.5 Å². The summed E-state index contributed by atoms with van der Waals surface area (Å²) in [5.41, 5.74) is 7.21. The molecule has 0 radical (unpaired) electrons. The van der Waals surface area contributed by atoms with Crippen molar-refractivity contribution in [1.29, 1.82) is 0 Å². The molecule has 0 saturated carbocycles. The fraction of sp³-hybridized carbons (Fsp3) is 0.314. The van der Waals surface area contributed by atoms with Gasteiger partial charge in [-0.05, 0) is 44.1 Å². The van der Waals surface area contributed by atoms with Crippen LogP contribution in [-0.2, 0) is 20.7 Å². The van der Waals surface area contributed by atoms with E-state index < -0.39 is 29.6 Å². The quantitative estimate of drug-likeness (QED) is 0.180. The standard InChI is InChI=1S/C35H34N4O6.Mg/c1-7-18-15(3)22-11-23-16(4)20(9-10-28(41)42)32(38-23)30-31(35(44)45-6)34(43)29-17(5)24(39-33(29)30)12-26-19(8-2)21(14-40)27(37-26)13-25(18)36-22;/h7,11-14,16,20,31H,1,8-10H2,2-6H3,(H3,38,39,40,41,42,43);/q-2;+2/p-2/b23-11-,27-13-;/t16-,20-,31+;/m0./s1. The Labute approximate surface area is 281 Å². The van der Waals surface area contributed by atoms with E-state index in [0.29, 0.717) is 73.6 Å². The molecule has 2 aliphatic heterocycles. The molecular weight excluding hydrogens is 597 g/mol. The zero-order chi connectivity index (χ0) is 32.3. The van der Waals surface area contributed by atoms with Gasteiger partial charge in [-0.15, -0.1) is 33.5 Å². The number of fused-ring (bicyclic) bond motifs is 7. The first-order chi connectivity index (χ1) is 21.5. The average Bonchev–Trinajstić information content (AvgIpc) is 3.76. The molecule has 10 nitrogen and oxygen atoms in total. The maximum Gasteiger partial charge on any atom is 2.00 e. The molecule has 1 aliphatic carbocycles. The molecule has 3 atom stereocenters. The van der Waals surface area contributed by atoms with Gasteiger partial charge in [-0.2, -0.15) is 11.4 Å². The van der Waals surface area contributed by atoms with E-state index in [1.807, 2.05) is 26.8 Å². The van der Waals surface area contributed by atoms with Crippen molar-refractivity contribution < 1.29 is 29.0 Å². The second kappa shape index (κ2) is 12.4. The number of carboxylic acids is 1. The maximum absolute atomic E-state index is 14.0. The molecule has 3 aliphatic rings. The van der Waals surface area contributed by atoms with E-state index in [1.165, 1.54) is 7.11 Å². The number of aliphatic carboxylic acids is 1. The Morgan fingerprint density at radius 3 is 2.35 bits per heavy atom. The van der Waals surface area contributed by atoms with Crippen LogP contribution < -0.4 is 25.7 Å². The summed E-state index contributed by atoms with van der Waals surface area (Å²) in [6.07, 6.45) is 8.55. The number of Topliss-reactive ketones (excluding diaryl/α,β-unsaturated/α-hetero) is 1. The predicted molar refractivity (Wildman–Crippen MR) is 173 cm³/mol. The van der Waals surface area contributed by atoms with Crippen LogP contribution in [0.4, 0.5) is 0 Å². The minimum atomic E-state index is -1.28. The third kappa shape index (κ3) is 5.02. The molecule has 8 bridgehead atoms. The molecule has 0 unspecified atom stereocenters. The Kier molecular flexibility index (Phi) is 8.93. The Hall–Kier alpha value is -4.35. The van der Waals surface area contributed by atoms with Crippen LogP contribution in [0.15, 0.2) is 18.0 Å². The number of aromatic nitrogens is 3. The van der Waals surface area contributed by atoms with Crippen molar-refractivity contribution in [2.75, 3.05) is 7.11 Å². The van der Waals surface area contributed by atoms with Crippen LogP contribution in [0.2, 0.25) is 0 Å². The summed E-state index contributed by atoms with van der Waals surface area (Å²) in [4.78, 5) is 65.8. The van der Waals surface area contributed by atoms with E-state index >= 15 is 0 Å². The van der Waals surface area contributed by atoms with Crippen molar-refractivity contribution in [3.63, 3.8) is 0 Å². The summed E-state index contributed by atoms with van der Waals surface area (Å²) in [7, 11) is 1.23. The number of ether oxygens (including phenoxy) is 1. The van der Waals surface area contributed by atoms with Crippen molar-refractivity contribution in [2.24, 2.45) is 17.8 Å². The molecular formula is C35H32MgN4O6-2. The Morgan fingerprint density at radius 2 is 1.72 bits per heavy atom. The number of hydrogen-bond donors (Lipinski definition) is 1. The summed E-state index contributed by atoms with van der Waals surface area (Å²) in [5.74, 6) is -4.07. The van der Waals surface area contributed by atoms with Crippen molar-refractivity contribution in [2.45, 2.75) is 47.0 Å². The molecule has 0 spiro atoms. The third-order valence-electron chi connectivity index (χ3n) is 9.30.